The van der Waals surface area contributed by atoms with Gasteiger partial charge in [-0.15, -0.1) is 0 Å². The lowest BCUT2D eigenvalue weighted by Gasteiger charge is -2.22. The summed E-state index contributed by atoms with van der Waals surface area (Å²) in [6, 6.07) is 19.5. The molecule has 132 valence electrons. The Labute approximate surface area is 153 Å². The fourth-order valence-corrected chi connectivity index (χ4v) is 2.84. The van der Waals surface area contributed by atoms with E-state index in [0.29, 0.717) is 11.5 Å². The van der Waals surface area contributed by atoms with Gasteiger partial charge in [-0.05, 0) is 37.1 Å². The predicted octanol–water partition coefficient (Wildman–Crippen LogP) is 4.45. The zero-order chi connectivity index (χ0) is 18.4. The summed E-state index contributed by atoms with van der Waals surface area (Å²) in [5.74, 6) is 0.460. The molecular weight excluding hydrogens is 324 g/mol. The van der Waals surface area contributed by atoms with Gasteiger partial charge in [0.2, 0.25) is 0 Å². The minimum absolute atomic E-state index is 0.237. The Morgan fingerprint density at radius 3 is 2.46 bits per heavy atom. The monoisotopic (exact) mass is 346 g/mol. The minimum atomic E-state index is -0.237. The Bertz CT molecular complexity index is 880. The predicted molar refractivity (Wildman–Crippen MR) is 105 cm³/mol. The number of nitrogens with zero attached hydrogens (tertiary/aromatic N) is 3. The van der Waals surface area contributed by atoms with E-state index >= 15 is 0 Å². The molecule has 0 atom stereocenters. The van der Waals surface area contributed by atoms with Gasteiger partial charge < -0.3 is 10.2 Å². The first kappa shape index (κ1) is 17.6. The van der Waals surface area contributed by atoms with Gasteiger partial charge in [0.05, 0.1) is 0 Å². The maximum Gasteiger partial charge on any atom is 0.274 e. The van der Waals surface area contributed by atoms with Crippen LogP contribution in [0.25, 0.3) is 0 Å². The summed E-state index contributed by atoms with van der Waals surface area (Å²) in [6.45, 7) is 4.85. The molecule has 0 radical (unpaired) electrons. The first-order valence-corrected chi connectivity index (χ1v) is 8.76. The fourth-order valence-electron chi connectivity index (χ4n) is 2.84. The van der Waals surface area contributed by atoms with Crippen molar-refractivity contribution in [1.29, 1.82) is 0 Å². The van der Waals surface area contributed by atoms with Gasteiger partial charge >= 0.3 is 0 Å². The molecule has 2 aromatic carbocycles. The van der Waals surface area contributed by atoms with Gasteiger partial charge in [0.25, 0.3) is 5.91 Å². The van der Waals surface area contributed by atoms with Crippen molar-refractivity contribution in [2.75, 3.05) is 16.8 Å². The Hall–Kier alpha value is -3.21. The molecule has 1 aromatic heterocycles. The Balaban J connectivity index is 1.85. The molecule has 0 saturated heterocycles. The smallest absolute Gasteiger partial charge is 0.274 e. The molecule has 0 bridgehead atoms. The quantitative estimate of drug-likeness (QED) is 0.716. The number of hydrogen-bond donors (Lipinski definition) is 1. The van der Waals surface area contributed by atoms with Crippen LogP contribution in [0.3, 0.4) is 0 Å². The maximum absolute atomic E-state index is 12.7. The van der Waals surface area contributed by atoms with E-state index < -0.39 is 0 Å². The molecule has 1 amide bonds. The normalized spacial score (nSPS) is 10.4. The van der Waals surface area contributed by atoms with Crippen LogP contribution in [0.1, 0.15) is 29.9 Å². The summed E-state index contributed by atoms with van der Waals surface area (Å²) in [6.07, 6.45) is 2.28. The minimum Gasteiger partial charge on any atom is -0.327 e. The third-order valence-electron chi connectivity index (χ3n) is 4.19. The molecule has 0 saturated carbocycles. The van der Waals surface area contributed by atoms with Crippen LogP contribution in [-0.4, -0.2) is 22.4 Å². The molecule has 5 heteroatoms. The number of para-hydroxylation sites is 2. The average molecular weight is 346 g/mol. The molecule has 1 N–H and O–H groups in total. The van der Waals surface area contributed by atoms with Gasteiger partial charge in [-0.1, -0.05) is 43.3 Å². The topological polar surface area (TPSA) is 58.1 Å². The van der Waals surface area contributed by atoms with E-state index in [1.54, 1.807) is 6.07 Å². The van der Waals surface area contributed by atoms with Crippen molar-refractivity contribution >= 4 is 23.1 Å². The van der Waals surface area contributed by atoms with Gasteiger partial charge in [0.15, 0.2) is 0 Å². The third-order valence-corrected chi connectivity index (χ3v) is 4.19. The van der Waals surface area contributed by atoms with Crippen LogP contribution in [0, 0.1) is 0 Å². The van der Waals surface area contributed by atoms with Gasteiger partial charge in [0, 0.05) is 24.0 Å². The van der Waals surface area contributed by atoms with Crippen molar-refractivity contribution in [3.05, 3.63) is 78.2 Å². The summed E-state index contributed by atoms with van der Waals surface area (Å²) in [5, 5.41) is 2.95. The van der Waals surface area contributed by atoms with Crippen LogP contribution in [0.4, 0.5) is 17.2 Å². The molecule has 0 aliphatic carbocycles. The average Bonchev–Trinajstić information content (AvgIpc) is 2.70. The summed E-state index contributed by atoms with van der Waals surface area (Å²) in [7, 11) is 0. The Morgan fingerprint density at radius 1 is 1.00 bits per heavy atom. The highest BCUT2D eigenvalue weighted by molar-refractivity contribution is 6.03. The molecule has 0 aliphatic rings. The molecule has 1 heterocycles. The number of benzene rings is 2. The molecule has 0 unspecified atom stereocenters. The highest BCUT2D eigenvalue weighted by Gasteiger charge is 2.14. The van der Waals surface area contributed by atoms with E-state index in [0.717, 1.165) is 29.9 Å². The van der Waals surface area contributed by atoms with Gasteiger partial charge in [-0.25, -0.2) is 9.97 Å². The summed E-state index contributed by atoms with van der Waals surface area (Å²) in [4.78, 5) is 23.2. The van der Waals surface area contributed by atoms with E-state index in [-0.39, 0.29) is 5.91 Å². The molecule has 3 rings (SSSR count). The molecular formula is C21H22N4O. The van der Waals surface area contributed by atoms with Crippen LogP contribution in [0.2, 0.25) is 0 Å². The van der Waals surface area contributed by atoms with Crippen molar-refractivity contribution in [2.45, 2.75) is 20.3 Å². The van der Waals surface area contributed by atoms with Crippen molar-refractivity contribution in [1.82, 2.24) is 9.97 Å². The van der Waals surface area contributed by atoms with Crippen molar-refractivity contribution < 1.29 is 4.79 Å². The van der Waals surface area contributed by atoms with Gasteiger partial charge in [-0.3, -0.25) is 4.79 Å². The van der Waals surface area contributed by atoms with Crippen LogP contribution < -0.4 is 10.2 Å². The lowest BCUT2D eigenvalue weighted by Crippen LogP contribution is -2.20. The van der Waals surface area contributed by atoms with E-state index in [4.69, 9.17) is 0 Å². The number of hydrogen-bond acceptors (Lipinski definition) is 4. The van der Waals surface area contributed by atoms with Crippen molar-refractivity contribution in [3.63, 3.8) is 0 Å². The molecule has 5 nitrogen and oxygen atoms in total. The zero-order valence-electron chi connectivity index (χ0n) is 15.0. The van der Waals surface area contributed by atoms with Gasteiger partial charge in [0.1, 0.15) is 17.8 Å². The number of aryl methyl sites for hydroxylation is 1. The zero-order valence-corrected chi connectivity index (χ0v) is 15.0. The SMILES string of the molecule is CCc1ccccc1NC(=O)c1cc(N(CC)c2ccccc2)ncn1. The number of amides is 1. The van der Waals surface area contributed by atoms with Crippen LogP contribution >= 0.6 is 0 Å². The molecule has 0 aliphatic heterocycles. The number of carbonyl (C=O) groups excluding carboxylic acids is 1. The molecule has 0 spiro atoms. The number of aromatic nitrogens is 2. The van der Waals surface area contributed by atoms with E-state index in [9.17, 15) is 4.79 Å². The van der Waals surface area contributed by atoms with Crippen molar-refractivity contribution in [2.24, 2.45) is 0 Å². The lowest BCUT2D eigenvalue weighted by atomic mass is 10.1. The van der Waals surface area contributed by atoms with E-state index in [2.05, 4.69) is 22.2 Å². The second-order valence-electron chi connectivity index (χ2n) is 5.81. The number of rotatable bonds is 6. The first-order chi connectivity index (χ1) is 12.7. The molecule has 3 aromatic rings. The molecule has 0 fully saturated rings. The van der Waals surface area contributed by atoms with Crippen LogP contribution in [0.5, 0.6) is 0 Å². The third kappa shape index (κ3) is 3.88. The lowest BCUT2D eigenvalue weighted by molar-refractivity contribution is 0.102. The number of nitrogens with one attached hydrogen (secondary N) is 1. The maximum atomic E-state index is 12.7. The highest BCUT2D eigenvalue weighted by Crippen LogP contribution is 2.23. The van der Waals surface area contributed by atoms with E-state index in [1.165, 1.54) is 6.33 Å². The fraction of sp³-hybridized carbons (Fsp3) is 0.190. The Morgan fingerprint density at radius 2 is 1.73 bits per heavy atom. The second kappa shape index (κ2) is 8.25. The number of anilines is 3. The van der Waals surface area contributed by atoms with Crippen LogP contribution in [0.15, 0.2) is 67.0 Å². The molecule has 26 heavy (non-hydrogen) atoms. The number of carbonyl (C=O) groups is 1. The summed E-state index contributed by atoms with van der Waals surface area (Å²) >= 11 is 0. The largest absolute Gasteiger partial charge is 0.327 e. The summed E-state index contributed by atoms with van der Waals surface area (Å²) < 4.78 is 0. The second-order valence-corrected chi connectivity index (χ2v) is 5.81. The Kier molecular flexibility index (Phi) is 5.59. The van der Waals surface area contributed by atoms with Gasteiger partial charge in [-0.2, -0.15) is 0 Å². The first-order valence-electron chi connectivity index (χ1n) is 8.76. The van der Waals surface area contributed by atoms with Crippen molar-refractivity contribution in [3.8, 4) is 0 Å². The van der Waals surface area contributed by atoms with E-state index in [1.807, 2.05) is 66.4 Å². The standard InChI is InChI=1S/C21H22N4O/c1-3-16-10-8-9-13-18(16)24-21(26)19-14-20(23-15-22-19)25(4-2)17-11-6-5-7-12-17/h5-15H,3-4H2,1-2H3,(H,24,26). The highest BCUT2D eigenvalue weighted by atomic mass is 16.1. The van der Waals surface area contributed by atoms with Crippen LogP contribution in [-0.2, 0) is 6.42 Å². The summed E-state index contributed by atoms with van der Waals surface area (Å²) in [5.41, 5.74) is 3.27.